The molecule has 160 valence electrons. The van der Waals surface area contributed by atoms with Gasteiger partial charge in [-0.15, -0.1) is 0 Å². The van der Waals surface area contributed by atoms with Crippen molar-refractivity contribution in [3.05, 3.63) is 54.1 Å². The zero-order valence-corrected chi connectivity index (χ0v) is 17.4. The number of anilines is 2. The molecule has 30 heavy (non-hydrogen) atoms. The summed E-state index contributed by atoms with van der Waals surface area (Å²) in [6.45, 7) is 3.85. The number of imide groups is 1. The van der Waals surface area contributed by atoms with Crippen molar-refractivity contribution >= 4 is 23.3 Å². The number of nitrogens with one attached hydrogen (secondary N) is 2. The van der Waals surface area contributed by atoms with Gasteiger partial charge in [0, 0.05) is 31.0 Å². The van der Waals surface area contributed by atoms with E-state index in [2.05, 4.69) is 27.7 Å². The number of morpholine rings is 1. The van der Waals surface area contributed by atoms with Gasteiger partial charge in [0.2, 0.25) is 5.91 Å². The molecule has 1 aliphatic heterocycles. The summed E-state index contributed by atoms with van der Waals surface area (Å²) < 4.78 is 10.5. The molecule has 3 amide bonds. The Balaban J connectivity index is 1.50. The van der Waals surface area contributed by atoms with Gasteiger partial charge in [-0.25, -0.2) is 4.79 Å². The quantitative estimate of drug-likeness (QED) is 0.726. The molecule has 2 aromatic rings. The third-order valence-corrected chi connectivity index (χ3v) is 4.80. The van der Waals surface area contributed by atoms with Crippen molar-refractivity contribution in [2.45, 2.75) is 6.54 Å². The Hall–Kier alpha value is -3.10. The molecule has 0 radical (unpaired) electrons. The lowest BCUT2D eigenvalue weighted by Crippen LogP contribution is -2.41. The van der Waals surface area contributed by atoms with Crippen molar-refractivity contribution in [2.75, 3.05) is 57.2 Å². The lowest BCUT2D eigenvalue weighted by Gasteiger charge is -2.31. The minimum atomic E-state index is -0.563. The predicted octanol–water partition coefficient (Wildman–Crippen LogP) is 2.31. The lowest BCUT2D eigenvalue weighted by molar-refractivity contribution is -0.120. The second-order valence-corrected chi connectivity index (χ2v) is 7.13. The van der Waals surface area contributed by atoms with Gasteiger partial charge in [0.25, 0.3) is 0 Å². The molecule has 8 heteroatoms. The fourth-order valence-corrected chi connectivity index (χ4v) is 3.35. The molecule has 0 aliphatic carbocycles. The Kier molecular flexibility index (Phi) is 7.64. The number of carbonyl (C=O) groups is 2. The molecule has 1 aliphatic rings. The number of carbonyl (C=O) groups excluding carboxylic acids is 2. The van der Waals surface area contributed by atoms with Crippen LogP contribution in [0.5, 0.6) is 5.75 Å². The first-order chi connectivity index (χ1) is 14.5. The Bertz CT molecular complexity index is 850. The highest BCUT2D eigenvalue weighted by atomic mass is 16.5. The minimum absolute atomic E-state index is 0.105. The summed E-state index contributed by atoms with van der Waals surface area (Å²) in [4.78, 5) is 28.5. The average molecular weight is 412 g/mol. The van der Waals surface area contributed by atoms with E-state index in [-0.39, 0.29) is 12.5 Å². The van der Waals surface area contributed by atoms with E-state index in [4.69, 9.17) is 9.47 Å². The van der Waals surface area contributed by atoms with Crippen LogP contribution in [0, 0.1) is 0 Å². The van der Waals surface area contributed by atoms with Crippen molar-refractivity contribution in [3.8, 4) is 5.75 Å². The van der Waals surface area contributed by atoms with Crippen LogP contribution in [0.25, 0.3) is 0 Å². The number of ether oxygens (including phenoxy) is 2. The molecule has 0 aromatic heterocycles. The Morgan fingerprint density at radius 2 is 1.80 bits per heavy atom. The molecule has 1 fully saturated rings. The van der Waals surface area contributed by atoms with E-state index < -0.39 is 6.03 Å². The fourth-order valence-electron chi connectivity index (χ4n) is 3.35. The number of methoxy groups -OCH3 is 1. The molecule has 0 spiro atoms. The van der Waals surface area contributed by atoms with Crippen molar-refractivity contribution in [2.24, 2.45) is 0 Å². The molecule has 0 saturated carbocycles. The third-order valence-electron chi connectivity index (χ3n) is 4.80. The maximum Gasteiger partial charge on any atom is 0.325 e. The smallest absolute Gasteiger partial charge is 0.325 e. The Morgan fingerprint density at radius 3 is 2.50 bits per heavy atom. The van der Waals surface area contributed by atoms with Crippen LogP contribution in [0.4, 0.5) is 16.2 Å². The van der Waals surface area contributed by atoms with E-state index in [9.17, 15) is 9.59 Å². The van der Waals surface area contributed by atoms with Crippen molar-refractivity contribution < 1.29 is 19.1 Å². The highest BCUT2D eigenvalue weighted by molar-refractivity contribution is 6.01. The van der Waals surface area contributed by atoms with Gasteiger partial charge in [0.05, 0.1) is 26.9 Å². The number of benzene rings is 2. The molecule has 1 saturated heterocycles. The largest absolute Gasteiger partial charge is 0.497 e. The van der Waals surface area contributed by atoms with E-state index in [0.717, 1.165) is 37.6 Å². The third kappa shape index (κ3) is 6.20. The van der Waals surface area contributed by atoms with E-state index in [0.29, 0.717) is 18.0 Å². The van der Waals surface area contributed by atoms with Crippen LogP contribution in [0.3, 0.4) is 0 Å². The van der Waals surface area contributed by atoms with E-state index in [1.54, 1.807) is 31.4 Å². The Morgan fingerprint density at radius 1 is 1.10 bits per heavy atom. The van der Waals surface area contributed by atoms with Gasteiger partial charge in [0.15, 0.2) is 0 Å². The topological polar surface area (TPSA) is 83.1 Å². The maximum absolute atomic E-state index is 12.3. The minimum Gasteiger partial charge on any atom is -0.497 e. The molecule has 3 rings (SSSR count). The first-order valence-electron chi connectivity index (χ1n) is 9.89. The van der Waals surface area contributed by atoms with E-state index in [1.807, 2.05) is 24.1 Å². The first kappa shape index (κ1) is 21.6. The molecule has 2 aromatic carbocycles. The highest BCUT2D eigenvalue weighted by Crippen LogP contribution is 2.22. The summed E-state index contributed by atoms with van der Waals surface area (Å²) in [6, 6.07) is 14.5. The summed E-state index contributed by atoms with van der Waals surface area (Å²) in [5, 5.41) is 5.00. The lowest BCUT2D eigenvalue weighted by atomic mass is 10.1. The second kappa shape index (κ2) is 10.6. The van der Waals surface area contributed by atoms with Crippen molar-refractivity contribution in [3.63, 3.8) is 0 Å². The molecule has 1 heterocycles. The number of likely N-dealkylation sites (N-methyl/N-ethyl adjacent to an activating group) is 1. The number of hydrogen-bond donors (Lipinski definition) is 2. The first-order valence-corrected chi connectivity index (χ1v) is 9.89. The molecule has 0 bridgehead atoms. The normalized spacial score (nSPS) is 13.8. The predicted molar refractivity (Wildman–Crippen MR) is 116 cm³/mol. The van der Waals surface area contributed by atoms with Crippen LogP contribution < -0.4 is 20.3 Å². The van der Waals surface area contributed by atoms with Crippen LogP contribution >= 0.6 is 0 Å². The number of para-hydroxylation sites is 1. The monoisotopic (exact) mass is 412 g/mol. The van der Waals surface area contributed by atoms with Crippen LogP contribution in [0.1, 0.15) is 5.56 Å². The van der Waals surface area contributed by atoms with Gasteiger partial charge < -0.3 is 19.7 Å². The number of nitrogens with zero attached hydrogens (tertiary/aromatic N) is 2. The highest BCUT2D eigenvalue weighted by Gasteiger charge is 2.17. The number of urea groups is 1. The molecule has 0 unspecified atom stereocenters. The number of hydrogen-bond acceptors (Lipinski definition) is 6. The van der Waals surface area contributed by atoms with Crippen LogP contribution in [0.2, 0.25) is 0 Å². The van der Waals surface area contributed by atoms with Crippen molar-refractivity contribution in [1.29, 1.82) is 0 Å². The number of amides is 3. The molecular weight excluding hydrogens is 384 g/mol. The zero-order valence-electron chi connectivity index (χ0n) is 17.4. The summed E-state index contributed by atoms with van der Waals surface area (Å²) in [5.74, 6) is 0.323. The van der Waals surface area contributed by atoms with Crippen LogP contribution in [0.15, 0.2) is 48.5 Å². The molecular formula is C22H28N4O4. The molecule has 8 nitrogen and oxygen atoms in total. The van der Waals surface area contributed by atoms with Gasteiger partial charge in [-0.05, 0) is 42.9 Å². The van der Waals surface area contributed by atoms with Gasteiger partial charge in [-0.2, -0.15) is 0 Å². The van der Waals surface area contributed by atoms with Gasteiger partial charge in [0.1, 0.15) is 5.75 Å². The second-order valence-electron chi connectivity index (χ2n) is 7.13. The average Bonchev–Trinajstić information content (AvgIpc) is 2.75. The molecule has 2 N–H and O–H groups in total. The number of rotatable bonds is 7. The summed E-state index contributed by atoms with van der Waals surface area (Å²) >= 11 is 0. The Labute approximate surface area is 176 Å². The van der Waals surface area contributed by atoms with Crippen LogP contribution in [-0.2, 0) is 16.1 Å². The van der Waals surface area contributed by atoms with E-state index >= 15 is 0 Å². The molecule has 0 atom stereocenters. The summed E-state index contributed by atoms with van der Waals surface area (Å²) in [5.41, 5.74) is 2.87. The summed E-state index contributed by atoms with van der Waals surface area (Å²) in [6.07, 6.45) is 0. The zero-order chi connectivity index (χ0) is 21.3. The van der Waals surface area contributed by atoms with Crippen LogP contribution in [-0.4, -0.2) is 63.8 Å². The SMILES string of the molecule is COc1ccc(NC(=O)NC(=O)CN(C)Cc2ccccc2N2CCOCC2)cc1. The van der Waals surface area contributed by atoms with Crippen molar-refractivity contribution in [1.82, 2.24) is 10.2 Å². The fraction of sp³-hybridized carbons (Fsp3) is 0.364. The maximum atomic E-state index is 12.3. The van der Waals surface area contributed by atoms with Gasteiger partial charge >= 0.3 is 6.03 Å². The summed E-state index contributed by atoms with van der Waals surface area (Å²) in [7, 11) is 3.43. The van der Waals surface area contributed by atoms with Gasteiger partial charge in [-0.1, -0.05) is 18.2 Å². The van der Waals surface area contributed by atoms with Gasteiger partial charge in [-0.3, -0.25) is 15.0 Å². The standard InChI is InChI=1S/C22H28N4O4/c1-25(15-17-5-3-4-6-20(17)26-11-13-30-14-12-26)16-21(27)24-22(28)23-18-7-9-19(29-2)10-8-18/h3-10H,11-16H2,1-2H3,(H2,23,24,27,28). The van der Waals surface area contributed by atoms with E-state index in [1.165, 1.54) is 0 Å².